The number of amidine groups is 1. The highest BCUT2D eigenvalue weighted by Crippen LogP contribution is 2.24. The summed E-state index contributed by atoms with van der Waals surface area (Å²) < 4.78 is 38.1. The Morgan fingerprint density at radius 3 is 2.78 bits per heavy atom. The third-order valence-corrected chi connectivity index (χ3v) is 5.19. The van der Waals surface area contributed by atoms with Crippen molar-refractivity contribution in [3.8, 4) is 5.75 Å². The summed E-state index contributed by atoms with van der Waals surface area (Å²) in [5.74, 6) is 0.482. The highest BCUT2D eigenvalue weighted by molar-refractivity contribution is 7.90. The number of carbonyl (C=O) groups excluding carboxylic acids is 1. The molecule has 142 valence electrons. The van der Waals surface area contributed by atoms with E-state index in [2.05, 4.69) is 9.71 Å². The van der Waals surface area contributed by atoms with Gasteiger partial charge in [-0.3, -0.25) is 0 Å². The van der Waals surface area contributed by atoms with Gasteiger partial charge < -0.3 is 14.8 Å². The molecule has 0 atom stereocenters. The minimum Gasteiger partial charge on any atom is -0.482 e. The third kappa shape index (κ3) is 4.85. The number of hydrogen-bond donors (Lipinski definition) is 1. The van der Waals surface area contributed by atoms with Crippen molar-refractivity contribution in [2.24, 2.45) is 4.40 Å². The van der Waals surface area contributed by atoms with Crippen LogP contribution >= 0.6 is 0 Å². The van der Waals surface area contributed by atoms with E-state index >= 15 is 0 Å². The SMILES string of the molecule is Cc1cccc(OCC(=O)OCCCNC2=NS(=O)(=O)c3ccccc32)c1. The zero-order valence-electron chi connectivity index (χ0n) is 14.8. The second-order valence-corrected chi connectivity index (χ2v) is 7.59. The van der Waals surface area contributed by atoms with Crippen LogP contribution in [0.3, 0.4) is 0 Å². The zero-order valence-corrected chi connectivity index (χ0v) is 15.7. The van der Waals surface area contributed by atoms with Gasteiger partial charge in [0.25, 0.3) is 10.0 Å². The standard InChI is InChI=1S/C19H20N2O5S/c1-14-6-4-7-15(12-14)26-13-18(22)25-11-5-10-20-19-16-8-2-3-9-17(16)27(23,24)21-19/h2-4,6-9,12H,5,10-11,13H2,1H3,(H,20,21). The molecule has 0 amide bonds. The number of benzene rings is 2. The molecular weight excluding hydrogens is 368 g/mol. The smallest absolute Gasteiger partial charge is 0.344 e. The molecule has 0 fully saturated rings. The molecule has 1 aliphatic rings. The van der Waals surface area contributed by atoms with Crippen molar-refractivity contribution in [1.29, 1.82) is 0 Å². The van der Waals surface area contributed by atoms with Gasteiger partial charge in [0.1, 0.15) is 16.5 Å². The molecule has 1 heterocycles. The van der Waals surface area contributed by atoms with Crippen LogP contribution in [-0.4, -0.2) is 40.0 Å². The Labute approximate surface area is 158 Å². The van der Waals surface area contributed by atoms with Crippen molar-refractivity contribution >= 4 is 21.8 Å². The molecule has 7 nitrogen and oxygen atoms in total. The molecule has 2 aromatic carbocycles. The molecule has 3 rings (SSSR count). The molecule has 0 aliphatic carbocycles. The van der Waals surface area contributed by atoms with Crippen LogP contribution < -0.4 is 10.1 Å². The molecule has 0 bridgehead atoms. The summed E-state index contributed by atoms with van der Waals surface area (Å²) in [4.78, 5) is 11.9. The lowest BCUT2D eigenvalue weighted by Gasteiger charge is -2.09. The fourth-order valence-corrected chi connectivity index (χ4v) is 3.78. The molecule has 0 saturated carbocycles. The molecule has 1 aliphatic heterocycles. The van der Waals surface area contributed by atoms with Crippen LogP contribution in [0.4, 0.5) is 0 Å². The summed E-state index contributed by atoms with van der Waals surface area (Å²) in [5, 5.41) is 2.98. The van der Waals surface area contributed by atoms with Crippen LogP contribution in [0.5, 0.6) is 5.75 Å². The van der Waals surface area contributed by atoms with E-state index < -0.39 is 16.0 Å². The molecule has 0 aromatic heterocycles. The summed E-state index contributed by atoms with van der Waals surface area (Å²) in [7, 11) is -3.62. The number of ether oxygens (including phenoxy) is 2. The second kappa shape index (κ2) is 8.22. The first-order chi connectivity index (χ1) is 13.0. The van der Waals surface area contributed by atoms with E-state index in [1.54, 1.807) is 24.3 Å². The Bertz CT molecular complexity index is 970. The maximum atomic E-state index is 11.9. The summed E-state index contributed by atoms with van der Waals surface area (Å²) >= 11 is 0. The number of aryl methyl sites for hydroxylation is 1. The van der Waals surface area contributed by atoms with Crippen LogP contribution in [-0.2, 0) is 19.6 Å². The van der Waals surface area contributed by atoms with E-state index in [9.17, 15) is 13.2 Å². The Hall–Kier alpha value is -2.87. The van der Waals surface area contributed by atoms with Crippen LogP contribution in [0.2, 0.25) is 0 Å². The highest BCUT2D eigenvalue weighted by Gasteiger charge is 2.27. The number of carbonyl (C=O) groups is 1. The Morgan fingerprint density at radius 2 is 1.96 bits per heavy atom. The van der Waals surface area contributed by atoms with Gasteiger partial charge in [-0.25, -0.2) is 4.79 Å². The van der Waals surface area contributed by atoms with Crippen molar-refractivity contribution in [3.05, 3.63) is 59.7 Å². The molecule has 27 heavy (non-hydrogen) atoms. The quantitative estimate of drug-likeness (QED) is 0.576. The minimum atomic E-state index is -3.62. The van der Waals surface area contributed by atoms with Crippen LogP contribution in [0.25, 0.3) is 0 Å². The average Bonchev–Trinajstić information content (AvgIpc) is 2.91. The Balaban J connectivity index is 1.38. The van der Waals surface area contributed by atoms with Crippen LogP contribution in [0.1, 0.15) is 17.5 Å². The predicted molar refractivity (Wildman–Crippen MR) is 100 cm³/mol. The predicted octanol–water partition coefficient (Wildman–Crippen LogP) is 2.05. The summed E-state index contributed by atoms with van der Waals surface area (Å²) in [6.45, 7) is 2.41. The van der Waals surface area contributed by atoms with Gasteiger partial charge in [-0.2, -0.15) is 8.42 Å². The lowest BCUT2D eigenvalue weighted by atomic mass is 10.2. The Morgan fingerprint density at radius 1 is 1.15 bits per heavy atom. The first-order valence-corrected chi connectivity index (χ1v) is 9.93. The van der Waals surface area contributed by atoms with Gasteiger partial charge >= 0.3 is 5.97 Å². The lowest BCUT2D eigenvalue weighted by molar-refractivity contribution is -0.146. The molecule has 0 saturated heterocycles. The first-order valence-electron chi connectivity index (χ1n) is 8.49. The van der Waals surface area contributed by atoms with Gasteiger partial charge in [-0.05, 0) is 43.2 Å². The van der Waals surface area contributed by atoms with Gasteiger partial charge in [0, 0.05) is 12.1 Å². The van der Waals surface area contributed by atoms with E-state index in [0.717, 1.165) is 5.56 Å². The average molecular weight is 388 g/mol. The summed E-state index contributed by atoms with van der Waals surface area (Å²) in [6, 6.07) is 14.1. The van der Waals surface area contributed by atoms with E-state index in [0.29, 0.717) is 30.1 Å². The number of sulfonamides is 1. The van der Waals surface area contributed by atoms with Gasteiger partial charge in [-0.15, -0.1) is 4.40 Å². The van der Waals surface area contributed by atoms with Crippen molar-refractivity contribution in [2.75, 3.05) is 19.8 Å². The number of hydrogen-bond acceptors (Lipinski definition) is 6. The summed E-state index contributed by atoms with van der Waals surface area (Å²) in [6.07, 6.45) is 0.511. The molecule has 0 unspecified atom stereocenters. The van der Waals surface area contributed by atoms with Crippen molar-refractivity contribution in [1.82, 2.24) is 5.32 Å². The normalized spacial score (nSPS) is 14.2. The number of nitrogens with zero attached hydrogens (tertiary/aromatic N) is 1. The fourth-order valence-electron chi connectivity index (χ4n) is 2.59. The molecule has 1 N–H and O–H groups in total. The van der Waals surface area contributed by atoms with Gasteiger partial charge in [0.05, 0.1) is 6.61 Å². The molecular formula is C19H20N2O5S. The van der Waals surface area contributed by atoms with Crippen molar-refractivity contribution in [2.45, 2.75) is 18.2 Å². The van der Waals surface area contributed by atoms with E-state index in [1.165, 1.54) is 6.07 Å². The topological polar surface area (TPSA) is 94.1 Å². The maximum Gasteiger partial charge on any atom is 0.344 e. The maximum absolute atomic E-state index is 11.9. The van der Waals surface area contributed by atoms with E-state index in [1.807, 2.05) is 25.1 Å². The number of nitrogens with one attached hydrogen (secondary N) is 1. The van der Waals surface area contributed by atoms with Crippen LogP contribution in [0.15, 0.2) is 57.8 Å². The van der Waals surface area contributed by atoms with Crippen LogP contribution in [0, 0.1) is 6.92 Å². The van der Waals surface area contributed by atoms with Crippen molar-refractivity contribution in [3.63, 3.8) is 0 Å². The first kappa shape index (κ1) is 18.9. The number of fused-ring (bicyclic) bond motifs is 1. The molecule has 8 heteroatoms. The largest absolute Gasteiger partial charge is 0.482 e. The number of rotatable bonds is 7. The third-order valence-electron chi connectivity index (χ3n) is 3.85. The van der Waals surface area contributed by atoms with Crippen molar-refractivity contribution < 1.29 is 22.7 Å². The van der Waals surface area contributed by atoms with Gasteiger partial charge in [-0.1, -0.05) is 24.3 Å². The highest BCUT2D eigenvalue weighted by atomic mass is 32.2. The molecule has 0 spiro atoms. The van der Waals surface area contributed by atoms with Gasteiger partial charge in [0.2, 0.25) is 0 Å². The van der Waals surface area contributed by atoms with E-state index in [4.69, 9.17) is 9.47 Å². The molecule has 0 radical (unpaired) electrons. The molecule has 2 aromatic rings. The number of esters is 1. The fraction of sp³-hybridized carbons (Fsp3) is 0.263. The van der Waals surface area contributed by atoms with Gasteiger partial charge in [0.15, 0.2) is 6.61 Å². The minimum absolute atomic E-state index is 0.158. The zero-order chi connectivity index (χ0) is 19.3. The Kier molecular flexibility index (Phi) is 5.75. The summed E-state index contributed by atoms with van der Waals surface area (Å²) in [5.41, 5.74) is 1.60. The second-order valence-electron chi connectivity index (χ2n) is 6.02. The lowest BCUT2D eigenvalue weighted by Crippen LogP contribution is -2.25. The van der Waals surface area contributed by atoms with E-state index in [-0.39, 0.29) is 18.1 Å². The monoisotopic (exact) mass is 388 g/mol.